The highest BCUT2D eigenvalue weighted by Gasteiger charge is 2.36. The number of piperidine rings is 1. The first-order valence-electron chi connectivity index (χ1n) is 4.11. The summed E-state index contributed by atoms with van der Waals surface area (Å²) < 4.78 is 0. The highest BCUT2D eigenvalue weighted by molar-refractivity contribution is 5.85. The Bertz CT molecular complexity index is 156. The van der Waals surface area contributed by atoms with Crippen molar-refractivity contribution in [3.05, 3.63) is 0 Å². The van der Waals surface area contributed by atoms with Crippen LogP contribution in [0.25, 0.3) is 0 Å². The lowest BCUT2D eigenvalue weighted by molar-refractivity contribution is -0.124. The van der Waals surface area contributed by atoms with E-state index in [0.717, 1.165) is 25.4 Å². The molecule has 1 heterocycles. The van der Waals surface area contributed by atoms with Crippen LogP contribution in [0, 0.1) is 11.8 Å². The molecule has 3 heteroatoms. The summed E-state index contributed by atoms with van der Waals surface area (Å²) in [5.74, 6) is 1.63. The second-order valence-corrected chi connectivity index (χ2v) is 3.36. The van der Waals surface area contributed by atoms with Gasteiger partial charge in [0.05, 0.1) is 0 Å². The highest BCUT2D eigenvalue weighted by atomic mass is 35.5. The van der Waals surface area contributed by atoms with Crippen LogP contribution in [0.15, 0.2) is 0 Å². The number of hydrogen-bond donors (Lipinski definition) is 1. The second-order valence-electron chi connectivity index (χ2n) is 3.36. The molecule has 64 valence electrons. The summed E-state index contributed by atoms with van der Waals surface area (Å²) >= 11 is 0. The predicted molar refractivity (Wildman–Crippen MR) is 46.0 cm³/mol. The molecule has 1 aliphatic carbocycles. The Morgan fingerprint density at radius 2 is 2.09 bits per heavy atom. The number of Topliss-reactive ketones (excluding diaryl/α,β-unsaturated/α-hetero) is 1. The standard InChI is InChI=1S/C8H13NO.ClH/c10-8-3-4-9-5-7(8)6-1-2-6;/h6-7,9H,1-5H2;1H. The van der Waals surface area contributed by atoms with Crippen molar-refractivity contribution < 1.29 is 4.79 Å². The molecule has 0 aromatic rings. The molecule has 1 N–H and O–H groups in total. The van der Waals surface area contributed by atoms with E-state index >= 15 is 0 Å². The molecule has 1 unspecified atom stereocenters. The zero-order valence-electron chi connectivity index (χ0n) is 6.51. The van der Waals surface area contributed by atoms with Crippen molar-refractivity contribution in [3.8, 4) is 0 Å². The fraction of sp³-hybridized carbons (Fsp3) is 0.875. The minimum absolute atomic E-state index is 0. The van der Waals surface area contributed by atoms with E-state index in [4.69, 9.17) is 0 Å². The monoisotopic (exact) mass is 175 g/mol. The minimum atomic E-state index is 0. The Morgan fingerprint density at radius 3 is 2.64 bits per heavy atom. The number of rotatable bonds is 1. The first-order chi connectivity index (χ1) is 4.88. The minimum Gasteiger partial charge on any atom is -0.316 e. The van der Waals surface area contributed by atoms with Gasteiger partial charge in [-0.2, -0.15) is 0 Å². The van der Waals surface area contributed by atoms with Crippen LogP contribution < -0.4 is 5.32 Å². The fourth-order valence-corrected chi connectivity index (χ4v) is 1.70. The lowest BCUT2D eigenvalue weighted by atomic mass is 9.93. The molecule has 2 nitrogen and oxygen atoms in total. The molecule has 0 radical (unpaired) electrons. The molecule has 0 amide bonds. The van der Waals surface area contributed by atoms with Gasteiger partial charge in [0.2, 0.25) is 0 Å². The van der Waals surface area contributed by atoms with Gasteiger partial charge in [-0.25, -0.2) is 0 Å². The molecule has 1 aliphatic heterocycles. The third-order valence-corrected chi connectivity index (χ3v) is 2.52. The van der Waals surface area contributed by atoms with Gasteiger partial charge in [0, 0.05) is 25.4 Å². The lowest BCUT2D eigenvalue weighted by Crippen LogP contribution is -2.37. The molecule has 1 atom stereocenters. The number of ketones is 1. The van der Waals surface area contributed by atoms with Crippen molar-refractivity contribution in [1.29, 1.82) is 0 Å². The normalized spacial score (nSPS) is 31.3. The number of hydrogen-bond acceptors (Lipinski definition) is 2. The average Bonchev–Trinajstić information content (AvgIpc) is 2.71. The van der Waals surface area contributed by atoms with Crippen molar-refractivity contribution >= 4 is 18.2 Å². The van der Waals surface area contributed by atoms with Crippen LogP contribution in [0.3, 0.4) is 0 Å². The number of carbonyl (C=O) groups is 1. The van der Waals surface area contributed by atoms with Gasteiger partial charge in [-0.1, -0.05) is 0 Å². The van der Waals surface area contributed by atoms with Gasteiger partial charge in [-0.05, 0) is 18.8 Å². The van der Waals surface area contributed by atoms with Crippen LogP contribution in [0.1, 0.15) is 19.3 Å². The topological polar surface area (TPSA) is 29.1 Å². The summed E-state index contributed by atoms with van der Waals surface area (Å²) in [6, 6.07) is 0. The zero-order valence-corrected chi connectivity index (χ0v) is 7.32. The average molecular weight is 176 g/mol. The van der Waals surface area contributed by atoms with Gasteiger partial charge in [-0.15, -0.1) is 12.4 Å². The van der Waals surface area contributed by atoms with Gasteiger partial charge in [0.15, 0.2) is 0 Å². The maximum absolute atomic E-state index is 11.2. The SMILES string of the molecule is Cl.O=C1CCNCC1C1CC1. The molecule has 0 bridgehead atoms. The Hall–Kier alpha value is -0.0800. The van der Waals surface area contributed by atoms with Gasteiger partial charge in [0.1, 0.15) is 5.78 Å². The van der Waals surface area contributed by atoms with Crippen LogP contribution in [-0.2, 0) is 4.79 Å². The largest absolute Gasteiger partial charge is 0.316 e. The van der Waals surface area contributed by atoms with E-state index in [2.05, 4.69) is 5.32 Å². The fourth-order valence-electron chi connectivity index (χ4n) is 1.70. The molecule has 0 aromatic heterocycles. The van der Waals surface area contributed by atoms with Crippen molar-refractivity contribution in [2.75, 3.05) is 13.1 Å². The summed E-state index contributed by atoms with van der Waals surface area (Å²) in [5.41, 5.74) is 0. The van der Waals surface area contributed by atoms with Crippen molar-refractivity contribution in [1.82, 2.24) is 5.32 Å². The molecule has 1 saturated carbocycles. The molecular weight excluding hydrogens is 162 g/mol. The summed E-state index contributed by atoms with van der Waals surface area (Å²) in [5, 5.41) is 3.27. The molecule has 0 aromatic carbocycles. The Labute approximate surface area is 73.1 Å². The van der Waals surface area contributed by atoms with Crippen molar-refractivity contribution in [2.24, 2.45) is 11.8 Å². The van der Waals surface area contributed by atoms with E-state index in [0.29, 0.717) is 11.7 Å². The van der Waals surface area contributed by atoms with Gasteiger partial charge < -0.3 is 5.32 Å². The molecule has 11 heavy (non-hydrogen) atoms. The number of carbonyl (C=O) groups excluding carboxylic acids is 1. The van der Waals surface area contributed by atoms with Gasteiger partial charge in [0.25, 0.3) is 0 Å². The molecule has 2 aliphatic rings. The smallest absolute Gasteiger partial charge is 0.138 e. The van der Waals surface area contributed by atoms with E-state index in [-0.39, 0.29) is 12.4 Å². The van der Waals surface area contributed by atoms with E-state index in [1.165, 1.54) is 12.8 Å². The van der Waals surface area contributed by atoms with Crippen LogP contribution in [0.2, 0.25) is 0 Å². The molecule has 0 spiro atoms. The van der Waals surface area contributed by atoms with E-state index < -0.39 is 0 Å². The van der Waals surface area contributed by atoms with E-state index in [1.54, 1.807) is 0 Å². The third kappa shape index (κ3) is 1.94. The Kier molecular flexibility index (Phi) is 2.90. The van der Waals surface area contributed by atoms with Crippen molar-refractivity contribution in [2.45, 2.75) is 19.3 Å². The van der Waals surface area contributed by atoms with Crippen LogP contribution in [0.5, 0.6) is 0 Å². The summed E-state index contributed by atoms with van der Waals surface area (Å²) in [6.07, 6.45) is 3.34. The maximum atomic E-state index is 11.2. The van der Waals surface area contributed by atoms with Crippen molar-refractivity contribution in [3.63, 3.8) is 0 Å². The highest BCUT2D eigenvalue weighted by Crippen LogP contribution is 2.38. The molecule has 1 saturated heterocycles. The van der Waals surface area contributed by atoms with Crippen LogP contribution >= 0.6 is 12.4 Å². The number of nitrogens with one attached hydrogen (secondary N) is 1. The number of halogens is 1. The molecule has 2 rings (SSSR count). The first-order valence-corrected chi connectivity index (χ1v) is 4.11. The third-order valence-electron chi connectivity index (χ3n) is 2.52. The zero-order chi connectivity index (χ0) is 6.97. The summed E-state index contributed by atoms with van der Waals surface area (Å²) in [7, 11) is 0. The van der Waals surface area contributed by atoms with Crippen LogP contribution in [0.4, 0.5) is 0 Å². The Morgan fingerprint density at radius 1 is 1.36 bits per heavy atom. The lowest BCUT2D eigenvalue weighted by Gasteiger charge is -2.20. The maximum Gasteiger partial charge on any atom is 0.138 e. The predicted octanol–water partition coefficient (Wildman–Crippen LogP) is 0.997. The van der Waals surface area contributed by atoms with Gasteiger partial charge >= 0.3 is 0 Å². The second kappa shape index (κ2) is 3.55. The summed E-state index contributed by atoms with van der Waals surface area (Å²) in [6.45, 7) is 1.85. The quantitative estimate of drug-likeness (QED) is 0.644. The van der Waals surface area contributed by atoms with E-state index in [9.17, 15) is 4.79 Å². The Balaban J connectivity index is 0.000000605. The first kappa shape index (κ1) is 9.01. The van der Waals surface area contributed by atoms with E-state index in [1.807, 2.05) is 0 Å². The van der Waals surface area contributed by atoms with Crippen LogP contribution in [-0.4, -0.2) is 18.9 Å². The van der Waals surface area contributed by atoms with Gasteiger partial charge in [-0.3, -0.25) is 4.79 Å². The molecule has 2 fully saturated rings. The summed E-state index contributed by atoms with van der Waals surface area (Å²) in [4.78, 5) is 11.2. The molecular formula is C8H14ClNO.